The smallest absolute Gasteiger partial charge is 0.221 e. The van der Waals surface area contributed by atoms with Crippen molar-refractivity contribution in [3.05, 3.63) is 33.8 Å². The molecule has 0 aliphatic heterocycles. The van der Waals surface area contributed by atoms with Crippen molar-refractivity contribution >= 4 is 29.1 Å². The molecule has 0 spiro atoms. The maximum absolute atomic E-state index is 11.8. The normalized spacial score (nSPS) is 10.9. The molecular weight excluding hydrogens is 325 g/mol. The predicted octanol–water partition coefficient (Wildman–Crippen LogP) is 2.60. The largest absolute Gasteiger partial charge is 0.356 e. The van der Waals surface area contributed by atoms with Crippen LogP contribution in [0.3, 0.4) is 0 Å². The zero-order valence-electron chi connectivity index (χ0n) is 12.6. The first kappa shape index (κ1) is 16.8. The molecule has 0 fully saturated rings. The maximum Gasteiger partial charge on any atom is 0.221 e. The summed E-state index contributed by atoms with van der Waals surface area (Å²) in [6, 6.07) is 1.92. The minimum Gasteiger partial charge on any atom is -0.356 e. The standard InChI is InChI=1S/C14H19Cl2N5O/c1-10-4-7-18-20(10)9-5-12(22)17-6-3-8-21-14(16)13(15)11(2)19-21/h4,7H,3,5-6,8-9H2,1-2H3,(H,17,22). The SMILES string of the molecule is Cc1nn(CCCNC(=O)CCn2nccc2C)c(Cl)c1Cl. The fourth-order valence-corrected chi connectivity index (χ4v) is 2.46. The van der Waals surface area contributed by atoms with Gasteiger partial charge in [0.15, 0.2) is 0 Å². The number of hydrogen-bond donors (Lipinski definition) is 1. The van der Waals surface area contributed by atoms with E-state index >= 15 is 0 Å². The number of nitrogens with zero attached hydrogens (tertiary/aromatic N) is 4. The summed E-state index contributed by atoms with van der Waals surface area (Å²) in [5, 5.41) is 12.2. The minimum absolute atomic E-state index is 0.00988. The Balaban J connectivity index is 1.67. The van der Waals surface area contributed by atoms with Crippen LogP contribution in [0.4, 0.5) is 0 Å². The quantitative estimate of drug-likeness (QED) is 0.786. The maximum atomic E-state index is 11.8. The first-order valence-electron chi connectivity index (χ1n) is 7.12. The van der Waals surface area contributed by atoms with Crippen LogP contribution in [-0.2, 0) is 17.9 Å². The van der Waals surface area contributed by atoms with Gasteiger partial charge in [0.2, 0.25) is 5.91 Å². The van der Waals surface area contributed by atoms with Gasteiger partial charge in [-0.3, -0.25) is 14.2 Å². The average Bonchev–Trinajstić information content (AvgIpc) is 3.00. The Morgan fingerprint density at radius 3 is 2.64 bits per heavy atom. The topological polar surface area (TPSA) is 64.7 Å². The number of halogens is 2. The third-order valence-electron chi connectivity index (χ3n) is 3.34. The highest BCUT2D eigenvalue weighted by Crippen LogP contribution is 2.24. The van der Waals surface area contributed by atoms with E-state index in [1.165, 1.54) is 0 Å². The van der Waals surface area contributed by atoms with Crippen LogP contribution in [0.1, 0.15) is 24.2 Å². The zero-order valence-corrected chi connectivity index (χ0v) is 14.2. The summed E-state index contributed by atoms with van der Waals surface area (Å²) in [5.41, 5.74) is 1.76. The fraction of sp³-hybridized carbons (Fsp3) is 0.500. The molecule has 0 aliphatic carbocycles. The number of aryl methyl sites for hydroxylation is 4. The molecule has 0 unspecified atom stereocenters. The summed E-state index contributed by atoms with van der Waals surface area (Å²) in [4.78, 5) is 11.8. The second-order valence-corrected chi connectivity index (χ2v) is 5.80. The lowest BCUT2D eigenvalue weighted by Crippen LogP contribution is -2.26. The van der Waals surface area contributed by atoms with E-state index in [4.69, 9.17) is 23.2 Å². The zero-order chi connectivity index (χ0) is 16.1. The van der Waals surface area contributed by atoms with Crippen molar-refractivity contribution in [2.75, 3.05) is 6.54 Å². The fourth-order valence-electron chi connectivity index (χ4n) is 2.06. The molecule has 1 N–H and O–H groups in total. The summed E-state index contributed by atoms with van der Waals surface area (Å²) >= 11 is 12.0. The van der Waals surface area contributed by atoms with Crippen LogP contribution < -0.4 is 5.32 Å². The summed E-state index contributed by atoms with van der Waals surface area (Å²) in [6.07, 6.45) is 2.88. The minimum atomic E-state index is 0.00988. The third kappa shape index (κ3) is 4.24. The Morgan fingerprint density at radius 2 is 2.05 bits per heavy atom. The monoisotopic (exact) mass is 343 g/mol. The summed E-state index contributed by atoms with van der Waals surface area (Å²) in [5.74, 6) is 0.00988. The van der Waals surface area contributed by atoms with Crippen LogP contribution in [-0.4, -0.2) is 32.0 Å². The predicted molar refractivity (Wildman–Crippen MR) is 86.2 cm³/mol. The van der Waals surface area contributed by atoms with Crippen molar-refractivity contribution in [1.29, 1.82) is 0 Å². The lowest BCUT2D eigenvalue weighted by molar-refractivity contribution is -0.121. The van der Waals surface area contributed by atoms with Crippen molar-refractivity contribution < 1.29 is 4.79 Å². The van der Waals surface area contributed by atoms with Gasteiger partial charge in [0.25, 0.3) is 0 Å². The first-order valence-corrected chi connectivity index (χ1v) is 7.88. The summed E-state index contributed by atoms with van der Waals surface area (Å²) in [7, 11) is 0. The highest BCUT2D eigenvalue weighted by atomic mass is 35.5. The van der Waals surface area contributed by atoms with Gasteiger partial charge < -0.3 is 5.32 Å². The van der Waals surface area contributed by atoms with E-state index in [1.54, 1.807) is 10.9 Å². The van der Waals surface area contributed by atoms with Crippen molar-refractivity contribution in [2.24, 2.45) is 0 Å². The lowest BCUT2D eigenvalue weighted by atomic mass is 10.3. The molecule has 0 radical (unpaired) electrons. The number of rotatable bonds is 7. The molecule has 0 bridgehead atoms. The van der Waals surface area contributed by atoms with Crippen molar-refractivity contribution in [3.8, 4) is 0 Å². The van der Waals surface area contributed by atoms with Gasteiger partial charge in [-0.1, -0.05) is 23.2 Å². The highest BCUT2D eigenvalue weighted by Gasteiger charge is 2.10. The molecule has 1 amide bonds. The van der Waals surface area contributed by atoms with Gasteiger partial charge in [0.1, 0.15) is 10.2 Å². The van der Waals surface area contributed by atoms with Gasteiger partial charge in [0.05, 0.1) is 5.69 Å². The Kier molecular flexibility index (Phi) is 5.85. The van der Waals surface area contributed by atoms with E-state index in [0.717, 1.165) is 12.1 Å². The molecule has 2 aromatic rings. The molecule has 0 atom stereocenters. The van der Waals surface area contributed by atoms with Crippen molar-refractivity contribution in [3.63, 3.8) is 0 Å². The molecule has 0 aromatic carbocycles. The molecule has 6 nitrogen and oxygen atoms in total. The van der Waals surface area contributed by atoms with Gasteiger partial charge in [-0.25, -0.2) is 0 Å². The second kappa shape index (κ2) is 7.65. The van der Waals surface area contributed by atoms with Gasteiger partial charge in [-0.05, 0) is 26.3 Å². The molecule has 0 saturated carbocycles. The highest BCUT2D eigenvalue weighted by molar-refractivity contribution is 6.41. The van der Waals surface area contributed by atoms with Crippen molar-refractivity contribution in [2.45, 2.75) is 39.8 Å². The summed E-state index contributed by atoms with van der Waals surface area (Å²) < 4.78 is 3.46. The molecule has 8 heteroatoms. The van der Waals surface area contributed by atoms with E-state index in [-0.39, 0.29) is 5.91 Å². The Labute approximate surface area is 139 Å². The van der Waals surface area contributed by atoms with Gasteiger partial charge in [0, 0.05) is 37.9 Å². The number of amides is 1. The van der Waals surface area contributed by atoms with E-state index < -0.39 is 0 Å². The molecular formula is C14H19Cl2N5O. The number of carbonyl (C=O) groups excluding carboxylic acids is 1. The van der Waals surface area contributed by atoms with Crippen LogP contribution in [0.15, 0.2) is 12.3 Å². The van der Waals surface area contributed by atoms with Gasteiger partial charge in [-0.2, -0.15) is 10.2 Å². The number of aromatic nitrogens is 4. The van der Waals surface area contributed by atoms with Crippen LogP contribution in [0.25, 0.3) is 0 Å². The molecule has 120 valence electrons. The Morgan fingerprint density at radius 1 is 1.27 bits per heavy atom. The van der Waals surface area contributed by atoms with Crippen LogP contribution in [0.5, 0.6) is 0 Å². The van der Waals surface area contributed by atoms with Crippen LogP contribution >= 0.6 is 23.2 Å². The molecule has 22 heavy (non-hydrogen) atoms. The van der Waals surface area contributed by atoms with E-state index in [9.17, 15) is 4.79 Å². The molecule has 2 aromatic heterocycles. The third-order valence-corrected chi connectivity index (χ3v) is 4.28. The van der Waals surface area contributed by atoms with Crippen LogP contribution in [0, 0.1) is 13.8 Å². The molecule has 2 heterocycles. The second-order valence-electron chi connectivity index (χ2n) is 5.06. The van der Waals surface area contributed by atoms with Crippen molar-refractivity contribution in [1.82, 2.24) is 24.9 Å². The van der Waals surface area contributed by atoms with E-state index in [1.807, 2.05) is 24.6 Å². The van der Waals surface area contributed by atoms with Gasteiger partial charge in [-0.15, -0.1) is 0 Å². The first-order chi connectivity index (χ1) is 10.5. The van der Waals surface area contributed by atoms with Crippen LogP contribution in [0.2, 0.25) is 10.2 Å². The number of carbonyl (C=O) groups is 1. The van der Waals surface area contributed by atoms with Gasteiger partial charge >= 0.3 is 0 Å². The Hall–Kier alpha value is -1.53. The number of nitrogens with one attached hydrogen (secondary N) is 1. The average molecular weight is 344 g/mol. The lowest BCUT2D eigenvalue weighted by Gasteiger charge is -2.07. The molecule has 0 aliphatic rings. The molecule has 2 rings (SSSR count). The van der Waals surface area contributed by atoms with E-state index in [0.29, 0.717) is 41.9 Å². The summed E-state index contributed by atoms with van der Waals surface area (Å²) in [6.45, 7) is 5.55. The molecule has 0 saturated heterocycles. The Bertz CT molecular complexity index is 650. The van der Waals surface area contributed by atoms with E-state index in [2.05, 4.69) is 15.5 Å². The number of hydrogen-bond acceptors (Lipinski definition) is 3.